The summed E-state index contributed by atoms with van der Waals surface area (Å²) in [6.07, 6.45) is 7.77. The second-order valence-electron chi connectivity index (χ2n) is 18.8. The summed E-state index contributed by atoms with van der Waals surface area (Å²) in [5, 5.41) is 2.98. The van der Waals surface area contributed by atoms with Crippen molar-refractivity contribution < 1.29 is 4.74 Å². The normalized spacial score (nSPS) is 16.6. The van der Waals surface area contributed by atoms with Gasteiger partial charge in [-0.1, -0.05) is 153 Å². The van der Waals surface area contributed by atoms with Crippen LogP contribution >= 0.6 is 7.92 Å². The predicted molar refractivity (Wildman–Crippen MR) is 262 cm³/mol. The first-order chi connectivity index (χ1) is 30.0. The van der Waals surface area contributed by atoms with E-state index in [1.54, 1.807) is 0 Å². The van der Waals surface area contributed by atoms with E-state index in [4.69, 9.17) is 9.72 Å². The van der Waals surface area contributed by atoms with Crippen molar-refractivity contribution in [1.82, 2.24) is 9.55 Å². The highest BCUT2D eigenvalue weighted by molar-refractivity contribution is 7.68. The summed E-state index contributed by atoms with van der Waals surface area (Å²) in [4.78, 5) is 9.91. The van der Waals surface area contributed by atoms with Gasteiger partial charge in [0, 0.05) is 46.2 Å². The molecule has 1 aliphatic carbocycles. The number of allylic oxidation sites excluding steroid dienone is 1. The van der Waals surface area contributed by atoms with Crippen LogP contribution in [0.3, 0.4) is 0 Å². The average Bonchev–Trinajstić information content (AvgIpc) is 3.95. The van der Waals surface area contributed by atoms with Gasteiger partial charge in [-0.2, -0.15) is 0 Å². The number of aromatic nitrogens is 2. The average molecular weight is 827 g/mol. The SMILES string of the molecule is CC(C)(C)c1ccnc(-n2c3c4c5c(cc(Oc6cccc(N7CN(c8c(-c9ccccc9)cccc8-c8ccccc8)c8ccccc87)c6)cc52)P(C(C)(C)C)C4CC=C3)c1. The lowest BCUT2D eigenvalue weighted by molar-refractivity contribution is 0.484. The van der Waals surface area contributed by atoms with Crippen LogP contribution in [0.1, 0.15) is 70.4 Å². The molecule has 0 N–H and O–H groups in total. The molecule has 306 valence electrons. The van der Waals surface area contributed by atoms with E-state index < -0.39 is 7.92 Å². The van der Waals surface area contributed by atoms with Crippen LogP contribution in [-0.2, 0) is 5.41 Å². The van der Waals surface area contributed by atoms with Gasteiger partial charge < -0.3 is 14.5 Å². The fraction of sp³-hybridized carbons (Fsp3) is 0.196. The Morgan fingerprint density at radius 1 is 0.645 bits per heavy atom. The monoisotopic (exact) mass is 826 g/mol. The molecule has 2 atom stereocenters. The van der Waals surface area contributed by atoms with Crippen molar-refractivity contribution in [3.05, 3.63) is 181 Å². The second-order valence-corrected chi connectivity index (χ2v) is 22.0. The Hall–Kier alpha value is -6.42. The molecule has 0 radical (unpaired) electrons. The predicted octanol–water partition coefficient (Wildman–Crippen LogP) is 15.1. The van der Waals surface area contributed by atoms with Crippen molar-refractivity contribution in [3.63, 3.8) is 0 Å². The molecule has 0 spiro atoms. The molecule has 4 heterocycles. The number of fused-ring (bicyclic) bond motifs is 1. The number of rotatable bonds is 7. The largest absolute Gasteiger partial charge is 0.457 e. The van der Waals surface area contributed by atoms with Gasteiger partial charge >= 0.3 is 0 Å². The number of pyridine rings is 1. The first-order valence-corrected chi connectivity index (χ1v) is 23.2. The maximum Gasteiger partial charge on any atom is 0.137 e. The fourth-order valence-electron chi connectivity index (χ4n) is 10.1. The number of nitrogens with zero attached hydrogens (tertiary/aromatic N) is 4. The maximum atomic E-state index is 7.05. The van der Waals surface area contributed by atoms with Crippen LogP contribution in [0.25, 0.3) is 45.1 Å². The van der Waals surface area contributed by atoms with Gasteiger partial charge in [-0.15, -0.1) is 0 Å². The third kappa shape index (κ3) is 6.36. The highest BCUT2D eigenvalue weighted by Crippen LogP contribution is 2.69. The van der Waals surface area contributed by atoms with Crippen LogP contribution in [-0.4, -0.2) is 21.4 Å². The van der Waals surface area contributed by atoms with Gasteiger partial charge in [0.1, 0.15) is 24.0 Å². The van der Waals surface area contributed by atoms with Crippen molar-refractivity contribution in [2.45, 2.75) is 64.2 Å². The quantitative estimate of drug-likeness (QED) is 0.150. The third-order valence-corrected chi connectivity index (χ3v) is 16.2. The molecule has 0 bridgehead atoms. The van der Waals surface area contributed by atoms with Gasteiger partial charge in [0.2, 0.25) is 0 Å². The Kier molecular flexibility index (Phi) is 9.07. The van der Waals surface area contributed by atoms with Crippen LogP contribution < -0.4 is 19.8 Å². The summed E-state index contributed by atoms with van der Waals surface area (Å²) in [6, 6.07) is 54.7. The Labute approximate surface area is 366 Å². The van der Waals surface area contributed by atoms with Crippen molar-refractivity contribution in [1.29, 1.82) is 0 Å². The Morgan fingerprint density at radius 2 is 1.31 bits per heavy atom. The molecular weight excluding hydrogens is 776 g/mol. The smallest absolute Gasteiger partial charge is 0.137 e. The van der Waals surface area contributed by atoms with Crippen LogP contribution in [0.15, 0.2) is 164 Å². The molecule has 6 heteroatoms. The highest BCUT2D eigenvalue weighted by atomic mass is 31.1. The molecule has 6 aromatic carbocycles. The van der Waals surface area contributed by atoms with Crippen molar-refractivity contribution in [3.8, 4) is 39.6 Å². The van der Waals surface area contributed by atoms with Crippen molar-refractivity contribution in [2.24, 2.45) is 0 Å². The van der Waals surface area contributed by atoms with Gasteiger partial charge in [-0.05, 0) is 93.1 Å². The Bertz CT molecular complexity index is 2990. The van der Waals surface area contributed by atoms with Gasteiger partial charge in [0.15, 0.2) is 0 Å². The number of ether oxygens (including phenoxy) is 1. The van der Waals surface area contributed by atoms with Gasteiger partial charge in [0.25, 0.3) is 0 Å². The van der Waals surface area contributed by atoms with Crippen LogP contribution in [0, 0.1) is 0 Å². The van der Waals surface area contributed by atoms with E-state index in [1.807, 2.05) is 6.20 Å². The first kappa shape index (κ1) is 38.5. The van der Waals surface area contributed by atoms with E-state index in [1.165, 1.54) is 66.7 Å². The number of hydrogen-bond acceptors (Lipinski definition) is 4. The molecule has 0 saturated carbocycles. The first-order valence-electron chi connectivity index (χ1n) is 21.8. The summed E-state index contributed by atoms with van der Waals surface area (Å²) in [6.45, 7) is 14.7. The van der Waals surface area contributed by atoms with E-state index >= 15 is 0 Å². The van der Waals surface area contributed by atoms with Crippen LogP contribution in [0.4, 0.5) is 22.7 Å². The molecule has 0 amide bonds. The van der Waals surface area contributed by atoms with E-state index in [0.29, 0.717) is 12.3 Å². The van der Waals surface area contributed by atoms with Crippen LogP contribution in [0.2, 0.25) is 0 Å². The van der Waals surface area contributed by atoms with E-state index in [0.717, 1.165) is 35.1 Å². The van der Waals surface area contributed by atoms with Crippen LogP contribution in [0.5, 0.6) is 11.5 Å². The lowest BCUT2D eigenvalue weighted by atomic mass is 9.88. The zero-order valence-electron chi connectivity index (χ0n) is 36.3. The maximum absolute atomic E-state index is 7.05. The Morgan fingerprint density at radius 3 is 1.98 bits per heavy atom. The molecule has 11 rings (SSSR count). The highest BCUT2D eigenvalue weighted by Gasteiger charge is 2.45. The number of hydrogen-bond donors (Lipinski definition) is 0. The van der Waals surface area contributed by atoms with Crippen molar-refractivity contribution >= 4 is 53.0 Å². The third-order valence-electron chi connectivity index (χ3n) is 12.8. The molecule has 8 aromatic rings. The van der Waals surface area contributed by atoms with E-state index in [9.17, 15) is 0 Å². The lowest BCUT2D eigenvalue weighted by Gasteiger charge is -2.36. The number of benzene rings is 6. The molecule has 0 saturated heterocycles. The molecule has 3 aliphatic rings. The molecule has 5 nitrogen and oxygen atoms in total. The van der Waals surface area contributed by atoms with Crippen molar-refractivity contribution in [2.75, 3.05) is 16.5 Å². The summed E-state index contributed by atoms with van der Waals surface area (Å²) in [5.41, 5.74) is 15.1. The number of para-hydroxylation sites is 3. The number of anilines is 4. The fourth-order valence-corrected chi connectivity index (χ4v) is 13.7. The van der Waals surface area contributed by atoms with Gasteiger partial charge in [-0.3, -0.25) is 4.57 Å². The molecular formula is C56H51N4OP. The Balaban J connectivity index is 1.01. The van der Waals surface area contributed by atoms with Gasteiger partial charge in [-0.25, -0.2) is 4.98 Å². The molecule has 2 aromatic heterocycles. The van der Waals surface area contributed by atoms with E-state index in [2.05, 4.69) is 220 Å². The standard InChI is InChI=1S/C56H51N4OP/c1-55(2,3)39-30-31-57-51(32-39)60-47-28-17-29-49-52(47)53-48(60)34-42(35-50(53)62(49)56(4,5)6)61-41-23-15-22-40(33-41)58-36-59(46-27-14-13-26-45(46)58)54-43(37-18-9-7-10-19-37)24-16-25-44(54)38-20-11-8-12-21-38/h7-28,30-35,49H,29,36H2,1-6H3. The summed E-state index contributed by atoms with van der Waals surface area (Å²) in [5.74, 6) is 2.64. The molecule has 62 heavy (non-hydrogen) atoms. The minimum absolute atomic E-state index is 0.00348. The zero-order chi connectivity index (χ0) is 42.3. The minimum Gasteiger partial charge on any atom is -0.457 e. The van der Waals surface area contributed by atoms with Gasteiger partial charge in [0.05, 0.1) is 28.3 Å². The lowest BCUT2D eigenvalue weighted by Crippen LogP contribution is -2.25. The molecule has 2 unspecified atom stereocenters. The summed E-state index contributed by atoms with van der Waals surface area (Å²) < 4.78 is 9.45. The second kappa shape index (κ2) is 14.6. The molecule has 2 aliphatic heterocycles. The summed E-state index contributed by atoms with van der Waals surface area (Å²) in [7, 11) is -0.508. The minimum atomic E-state index is -0.508. The topological polar surface area (TPSA) is 33.5 Å². The zero-order valence-corrected chi connectivity index (χ0v) is 37.2. The van der Waals surface area contributed by atoms with E-state index in [-0.39, 0.29) is 10.6 Å². The summed E-state index contributed by atoms with van der Waals surface area (Å²) >= 11 is 0. The molecule has 0 fully saturated rings.